The summed E-state index contributed by atoms with van der Waals surface area (Å²) in [6.07, 6.45) is 99.6. The van der Waals surface area contributed by atoms with E-state index >= 15 is 0 Å². The van der Waals surface area contributed by atoms with Crippen LogP contribution in [0.2, 0.25) is 0 Å². The van der Waals surface area contributed by atoms with Gasteiger partial charge in [-0.15, -0.1) is 0 Å². The molecule has 0 aliphatic carbocycles. The molecule has 462 valence electrons. The summed E-state index contributed by atoms with van der Waals surface area (Å²) < 4.78 is 16.9. The first-order valence-corrected chi connectivity index (χ1v) is 33.5. The third kappa shape index (κ3) is 65.8. The maximum atomic E-state index is 12.9. The zero-order valence-electron chi connectivity index (χ0n) is 52.9. The monoisotopic (exact) mass is 1130 g/mol. The summed E-state index contributed by atoms with van der Waals surface area (Å²) >= 11 is 0. The minimum Gasteiger partial charge on any atom is -0.462 e. The second-order valence-electron chi connectivity index (χ2n) is 21.6. The molecule has 1 unspecified atom stereocenters. The largest absolute Gasteiger partial charge is 0.462 e. The van der Waals surface area contributed by atoms with Gasteiger partial charge in [-0.2, -0.15) is 0 Å². The third-order valence-corrected chi connectivity index (χ3v) is 13.7. The summed E-state index contributed by atoms with van der Waals surface area (Å²) in [5.41, 5.74) is 0. The van der Waals surface area contributed by atoms with Crippen molar-refractivity contribution in [3.8, 4) is 0 Å². The van der Waals surface area contributed by atoms with Crippen LogP contribution in [-0.2, 0) is 28.6 Å². The molecule has 0 bridgehead atoms. The Morgan fingerprint density at radius 3 is 0.744 bits per heavy atom. The molecule has 0 aromatic rings. The molecule has 0 radical (unpaired) electrons. The molecular formula is C76H122O6. The molecule has 0 heterocycles. The Labute approximate surface area is 505 Å². The Hall–Kier alpha value is -4.97. The van der Waals surface area contributed by atoms with Gasteiger partial charge in [0.15, 0.2) is 6.10 Å². The number of hydrogen-bond donors (Lipinski definition) is 0. The van der Waals surface area contributed by atoms with Gasteiger partial charge in [-0.25, -0.2) is 0 Å². The van der Waals surface area contributed by atoms with Crippen LogP contribution in [0.25, 0.3) is 0 Å². The van der Waals surface area contributed by atoms with Gasteiger partial charge in [0.25, 0.3) is 0 Å². The highest BCUT2D eigenvalue weighted by molar-refractivity contribution is 5.71. The van der Waals surface area contributed by atoms with Crippen LogP contribution in [0.3, 0.4) is 0 Å². The molecule has 1 atom stereocenters. The first-order valence-electron chi connectivity index (χ1n) is 33.5. The van der Waals surface area contributed by atoms with Gasteiger partial charge < -0.3 is 14.2 Å². The topological polar surface area (TPSA) is 78.9 Å². The van der Waals surface area contributed by atoms with Crippen LogP contribution in [0.4, 0.5) is 0 Å². The third-order valence-electron chi connectivity index (χ3n) is 13.7. The fraction of sp³-hybridized carbons (Fsp3) is 0.618. The number of unbranched alkanes of at least 4 members (excludes halogenated alkanes) is 22. The zero-order chi connectivity index (χ0) is 59.2. The normalized spacial score (nSPS) is 13.2. The molecule has 0 spiro atoms. The van der Waals surface area contributed by atoms with Gasteiger partial charge in [0.2, 0.25) is 0 Å². The van der Waals surface area contributed by atoms with Crippen molar-refractivity contribution < 1.29 is 28.6 Å². The SMILES string of the molecule is CC/C=C\C/C=C\C/C=C\C/C=C\C/C=C\C/C=C\C/C=C\CCCCCCCCCCCC(=O)OCC(COC(=O)CCCCCCC/C=C\C/C=C\CCCC)OC(=O)CCCCCCCC/C=C\C/C=C\C/C=C\C/C=C\CC. The molecular weight excluding hydrogens is 1010 g/mol. The first kappa shape index (κ1) is 77.0. The van der Waals surface area contributed by atoms with Gasteiger partial charge in [-0.1, -0.05) is 281 Å². The predicted octanol–water partition coefficient (Wildman–Crippen LogP) is 23.3. The van der Waals surface area contributed by atoms with Gasteiger partial charge in [0, 0.05) is 19.3 Å². The number of hydrogen-bond acceptors (Lipinski definition) is 6. The fourth-order valence-electron chi connectivity index (χ4n) is 8.78. The van der Waals surface area contributed by atoms with E-state index in [1.54, 1.807) is 0 Å². The fourth-order valence-corrected chi connectivity index (χ4v) is 8.78. The molecule has 0 amide bonds. The summed E-state index contributed by atoms with van der Waals surface area (Å²) in [4.78, 5) is 38.4. The molecule has 0 N–H and O–H groups in total. The molecule has 0 aliphatic heterocycles. The predicted molar refractivity (Wildman–Crippen MR) is 357 cm³/mol. The molecule has 6 nitrogen and oxygen atoms in total. The van der Waals surface area contributed by atoms with Gasteiger partial charge >= 0.3 is 17.9 Å². The minimum atomic E-state index is -0.803. The summed E-state index contributed by atoms with van der Waals surface area (Å²) in [6, 6.07) is 0. The van der Waals surface area contributed by atoms with E-state index in [9.17, 15) is 14.4 Å². The summed E-state index contributed by atoms with van der Waals surface area (Å²) in [6.45, 7) is 6.35. The van der Waals surface area contributed by atoms with Crippen molar-refractivity contribution in [2.75, 3.05) is 13.2 Å². The van der Waals surface area contributed by atoms with Gasteiger partial charge in [0.1, 0.15) is 13.2 Å². The molecule has 0 aliphatic rings. The van der Waals surface area contributed by atoms with E-state index in [1.165, 1.54) is 70.6 Å². The molecule has 6 heteroatoms. The highest BCUT2D eigenvalue weighted by Gasteiger charge is 2.19. The van der Waals surface area contributed by atoms with Crippen LogP contribution in [0.5, 0.6) is 0 Å². The van der Waals surface area contributed by atoms with E-state index in [-0.39, 0.29) is 31.1 Å². The Morgan fingerprint density at radius 1 is 0.256 bits per heavy atom. The second kappa shape index (κ2) is 68.5. The minimum absolute atomic E-state index is 0.0972. The second-order valence-corrected chi connectivity index (χ2v) is 21.6. The van der Waals surface area contributed by atoms with E-state index < -0.39 is 6.10 Å². The Balaban J connectivity index is 4.36. The van der Waals surface area contributed by atoms with Crippen molar-refractivity contribution in [1.29, 1.82) is 0 Å². The van der Waals surface area contributed by atoms with Crippen molar-refractivity contribution >= 4 is 17.9 Å². The summed E-state index contributed by atoms with van der Waals surface area (Å²) in [5, 5.41) is 0. The zero-order valence-corrected chi connectivity index (χ0v) is 52.9. The highest BCUT2D eigenvalue weighted by Crippen LogP contribution is 2.15. The van der Waals surface area contributed by atoms with Crippen LogP contribution in [0.15, 0.2) is 158 Å². The Bertz CT molecular complexity index is 1830. The number of esters is 3. The van der Waals surface area contributed by atoms with E-state index in [2.05, 4.69) is 179 Å². The van der Waals surface area contributed by atoms with Crippen LogP contribution < -0.4 is 0 Å². The molecule has 0 saturated carbocycles. The Kier molecular flexibility index (Phi) is 64.4. The quantitative estimate of drug-likeness (QED) is 0.0261. The summed E-state index contributed by atoms with van der Waals surface area (Å²) in [7, 11) is 0. The first-order chi connectivity index (χ1) is 40.5. The standard InChI is InChI=1S/C76H122O6/c1-4-7-10-13-16-19-22-25-28-30-32-33-34-35-36-37-38-39-40-41-42-43-45-46-48-51-54-57-60-63-66-69-75(78)81-72-73(71-80-74(77)68-65-62-59-56-53-50-27-24-21-18-15-12-9-6-3)82-76(79)70-67-64-61-58-55-52-49-47-44-31-29-26-23-20-17-14-11-8-5-2/h7-8,10-11,15-20,24-29,32-33,35-36,38-39,41-42,44,47,73H,4-6,9,12-14,21-23,30-31,34,37,40,43,45-46,48-72H2,1-3H3/b10-7-,11-8-,18-15-,19-16-,20-17-,27-24-,28-25-,29-26-,33-32-,36-35-,39-38-,42-41-,47-44-. The maximum Gasteiger partial charge on any atom is 0.306 e. The van der Waals surface area contributed by atoms with Gasteiger partial charge in [-0.05, 0) is 141 Å². The summed E-state index contributed by atoms with van der Waals surface area (Å²) in [5.74, 6) is -0.931. The lowest BCUT2D eigenvalue weighted by Gasteiger charge is -2.18. The van der Waals surface area contributed by atoms with E-state index in [4.69, 9.17) is 14.2 Å². The van der Waals surface area contributed by atoms with Crippen molar-refractivity contribution in [2.24, 2.45) is 0 Å². The number of carbonyl (C=O) groups excluding carboxylic acids is 3. The molecule has 0 aromatic carbocycles. The van der Waals surface area contributed by atoms with E-state index in [1.807, 2.05) is 0 Å². The number of ether oxygens (including phenoxy) is 3. The van der Waals surface area contributed by atoms with Crippen LogP contribution >= 0.6 is 0 Å². The lowest BCUT2D eigenvalue weighted by atomic mass is 10.1. The maximum absolute atomic E-state index is 12.9. The highest BCUT2D eigenvalue weighted by atomic mass is 16.6. The molecule has 82 heavy (non-hydrogen) atoms. The van der Waals surface area contributed by atoms with Gasteiger partial charge in [0.05, 0.1) is 0 Å². The van der Waals surface area contributed by atoms with Crippen molar-refractivity contribution in [3.05, 3.63) is 158 Å². The average molecular weight is 1130 g/mol. The average Bonchev–Trinajstić information content (AvgIpc) is 3.47. The van der Waals surface area contributed by atoms with Gasteiger partial charge in [-0.3, -0.25) is 14.4 Å². The molecule has 0 fully saturated rings. The number of allylic oxidation sites excluding steroid dienone is 26. The lowest BCUT2D eigenvalue weighted by Crippen LogP contribution is -2.30. The number of carbonyl (C=O) groups is 3. The van der Waals surface area contributed by atoms with Crippen molar-refractivity contribution in [3.63, 3.8) is 0 Å². The lowest BCUT2D eigenvalue weighted by molar-refractivity contribution is -0.167. The smallest absolute Gasteiger partial charge is 0.306 e. The molecule has 0 rings (SSSR count). The van der Waals surface area contributed by atoms with Crippen LogP contribution in [0.1, 0.15) is 284 Å². The molecule has 0 saturated heterocycles. The van der Waals surface area contributed by atoms with E-state index in [0.717, 1.165) is 173 Å². The number of rotatable bonds is 59. The van der Waals surface area contributed by atoms with Crippen LogP contribution in [-0.4, -0.2) is 37.2 Å². The van der Waals surface area contributed by atoms with Crippen molar-refractivity contribution in [1.82, 2.24) is 0 Å². The van der Waals surface area contributed by atoms with Crippen LogP contribution in [0, 0.1) is 0 Å². The van der Waals surface area contributed by atoms with E-state index in [0.29, 0.717) is 19.3 Å². The molecule has 0 aromatic heterocycles. The Morgan fingerprint density at radius 2 is 0.476 bits per heavy atom. The van der Waals surface area contributed by atoms with Crippen molar-refractivity contribution in [2.45, 2.75) is 290 Å².